The van der Waals surface area contributed by atoms with E-state index in [9.17, 15) is 8.78 Å². The molecule has 0 saturated heterocycles. The maximum Gasteiger partial charge on any atom is 0.165 e. The summed E-state index contributed by atoms with van der Waals surface area (Å²) in [5.41, 5.74) is 1.31. The van der Waals surface area contributed by atoms with Gasteiger partial charge in [-0.25, -0.2) is 8.78 Å². The lowest BCUT2D eigenvalue weighted by Crippen LogP contribution is -1.96. The maximum absolute atomic E-state index is 13.3. The highest BCUT2D eigenvalue weighted by atomic mass is 19.2. The zero-order valence-corrected chi connectivity index (χ0v) is 10.0. The average Bonchev–Trinajstić information content (AvgIpc) is 2.40. The van der Waals surface area contributed by atoms with E-state index in [0.717, 1.165) is 30.9 Å². The first-order chi connectivity index (χ1) is 8.77. The van der Waals surface area contributed by atoms with Crippen molar-refractivity contribution >= 4 is 6.21 Å². The highest BCUT2D eigenvalue weighted by Gasteiger charge is 2.07. The standard InChI is InChI=1S/C14H15F2NO/c15-13-8-4-7-12(14(13)16)10-18-17-9-11-5-2-1-3-6-11/h4-5,7-9H,1-3,6,10H2. The van der Waals surface area contributed by atoms with Crippen molar-refractivity contribution in [2.75, 3.05) is 0 Å². The number of allylic oxidation sites excluding steroid dienone is 2. The van der Waals surface area contributed by atoms with Crippen molar-refractivity contribution in [1.29, 1.82) is 0 Å². The molecule has 0 N–H and O–H groups in total. The Balaban J connectivity index is 1.86. The molecule has 1 aliphatic carbocycles. The Hall–Kier alpha value is -1.71. The molecular weight excluding hydrogens is 236 g/mol. The number of oxime groups is 1. The molecule has 0 atom stereocenters. The van der Waals surface area contributed by atoms with Crippen molar-refractivity contribution in [2.24, 2.45) is 5.16 Å². The molecule has 0 amide bonds. The van der Waals surface area contributed by atoms with Gasteiger partial charge in [0, 0.05) is 5.56 Å². The maximum atomic E-state index is 13.3. The zero-order chi connectivity index (χ0) is 12.8. The van der Waals surface area contributed by atoms with E-state index in [2.05, 4.69) is 11.2 Å². The van der Waals surface area contributed by atoms with Crippen LogP contribution in [0.4, 0.5) is 8.78 Å². The number of hydrogen-bond acceptors (Lipinski definition) is 2. The highest BCUT2D eigenvalue weighted by Crippen LogP contribution is 2.16. The second kappa shape index (κ2) is 6.28. The molecule has 0 spiro atoms. The van der Waals surface area contributed by atoms with Crippen LogP contribution in [0.15, 0.2) is 35.0 Å². The molecule has 1 aromatic rings. The molecule has 0 heterocycles. The van der Waals surface area contributed by atoms with Crippen LogP contribution in [0.5, 0.6) is 0 Å². The van der Waals surface area contributed by atoms with Gasteiger partial charge < -0.3 is 4.84 Å². The largest absolute Gasteiger partial charge is 0.391 e. The third-order valence-corrected chi connectivity index (χ3v) is 2.87. The van der Waals surface area contributed by atoms with Crippen molar-refractivity contribution in [3.8, 4) is 0 Å². The van der Waals surface area contributed by atoms with E-state index in [1.54, 1.807) is 6.21 Å². The molecular formula is C14H15F2NO. The molecule has 0 bridgehead atoms. The fourth-order valence-corrected chi connectivity index (χ4v) is 1.85. The SMILES string of the molecule is Fc1cccc(CON=CC2=CCCCC2)c1F. The van der Waals surface area contributed by atoms with Gasteiger partial charge in [-0.05, 0) is 37.3 Å². The van der Waals surface area contributed by atoms with Crippen LogP contribution in [0.1, 0.15) is 31.2 Å². The van der Waals surface area contributed by atoms with Crippen molar-refractivity contribution in [2.45, 2.75) is 32.3 Å². The molecule has 96 valence electrons. The Morgan fingerprint density at radius 3 is 2.94 bits per heavy atom. The van der Waals surface area contributed by atoms with Crippen LogP contribution in [-0.2, 0) is 11.4 Å². The van der Waals surface area contributed by atoms with Crippen LogP contribution in [-0.4, -0.2) is 6.21 Å². The second-order valence-corrected chi connectivity index (χ2v) is 4.25. The van der Waals surface area contributed by atoms with E-state index in [0.29, 0.717) is 0 Å². The Morgan fingerprint density at radius 2 is 2.17 bits per heavy atom. The van der Waals surface area contributed by atoms with Gasteiger partial charge in [0.25, 0.3) is 0 Å². The van der Waals surface area contributed by atoms with Gasteiger partial charge >= 0.3 is 0 Å². The van der Waals surface area contributed by atoms with Gasteiger partial charge in [-0.3, -0.25) is 0 Å². The topological polar surface area (TPSA) is 21.6 Å². The summed E-state index contributed by atoms with van der Waals surface area (Å²) in [6.45, 7) is -0.0621. The Morgan fingerprint density at radius 1 is 1.28 bits per heavy atom. The fraction of sp³-hybridized carbons (Fsp3) is 0.357. The molecule has 0 fully saturated rings. The third-order valence-electron chi connectivity index (χ3n) is 2.87. The molecule has 0 aromatic heterocycles. The molecule has 2 rings (SSSR count). The summed E-state index contributed by atoms with van der Waals surface area (Å²) in [5, 5.41) is 3.78. The van der Waals surface area contributed by atoms with E-state index in [1.807, 2.05) is 0 Å². The minimum atomic E-state index is -0.871. The van der Waals surface area contributed by atoms with E-state index >= 15 is 0 Å². The van der Waals surface area contributed by atoms with E-state index in [-0.39, 0.29) is 12.2 Å². The summed E-state index contributed by atoms with van der Waals surface area (Å²) in [5.74, 6) is -1.74. The number of nitrogens with zero attached hydrogens (tertiary/aromatic N) is 1. The molecule has 4 heteroatoms. The number of halogens is 2. The van der Waals surface area contributed by atoms with Crippen molar-refractivity contribution in [1.82, 2.24) is 0 Å². The number of rotatable bonds is 4. The summed E-state index contributed by atoms with van der Waals surface area (Å²) in [4.78, 5) is 4.98. The molecule has 0 unspecified atom stereocenters. The first-order valence-electron chi connectivity index (χ1n) is 6.04. The molecule has 0 radical (unpaired) electrons. The lowest BCUT2D eigenvalue weighted by Gasteiger charge is -2.07. The molecule has 18 heavy (non-hydrogen) atoms. The van der Waals surface area contributed by atoms with Crippen molar-refractivity contribution in [3.05, 3.63) is 47.0 Å². The smallest absolute Gasteiger partial charge is 0.165 e. The third kappa shape index (κ3) is 3.39. The summed E-state index contributed by atoms with van der Waals surface area (Å²) < 4.78 is 26.2. The van der Waals surface area contributed by atoms with Crippen molar-refractivity contribution < 1.29 is 13.6 Å². The van der Waals surface area contributed by atoms with Gasteiger partial charge in [0.05, 0.1) is 6.21 Å². The predicted octanol–water partition coefficient (Wildman–Crippen LogP) is 3.97. The molecule has 1 aliphatic rings. The number of benzene rings is 1. The van der Waals surface area contributed by atoms with E-state index in [4.69, 9.17) is 4.84 Å². The molecule has 2 nitrogen and oxygen atoms in total. The van der Waals surface area contributed by atoms with Gasteiger partial charge in [0.15, 0.2) is 11.6 Å². The molecule has 0 saturated carbocycles. The normalized spacial score (nSPS) is 15.8. The number of hydrogen-bond donors (Lipinski definition) is 0. The molecule has 1 aromatic carbocycles. The van der Waals surface area contributed by atoms with Gasteiger partial charge in [-0.15, -0.1) is 0 Å². The van der Waals surface area contributed by atoms with E-state index in [1.165, 1.54) is 18.6 Å². The molecule has 0 aliphatic heterocycles. The van der Waals surface area contributed by atoms with Crippen LogP contribution >= 0.6 is 0 Å². The van der Waals surface area contributed by atoms with Gasteiger partial charge in [-0.2, -0.15) is 0 Å². The van der Waals surface area contributed by atoms with Crippen LogP contribution in [0.25, 0.3) is 0 Å². The minimum absolute atomic E-state index is 0.0621. The summed E-state index contributed by atoms with van der Waals surface area (Å²) in [6.07, 6.45) is 8.22. The lowest BCUT2D eigenvalue weighted by molar-refractivity contribution is 0.128. The fourth-order valence-electron chi connectivity index (χ4n) is 1.85. The Kier molecular flexibility index (Phi) is 4.45. The average molecular weight is 251 g/mol. The summed E-state index contributed by atoms with van der Waals surface area (Å²) in [6, 6.07) is 4.01. The van der Waals surface area contributed by atoms with Gasteiger partial charge in [-0.1, -0.05) is 23.4 Å². The van der Waals surface area contributed by atoms with Crippen LogP contribution in [0, 0.1) is 11.6 Å². The van der Waals surface area contributed by atoms with Crippen molar-refractivity contribution in [3.63, 3.8) is 0 Å². The van der Waals surface area contributed by atoms with Crippen LogP contribution in [0.3, 0.4) is 0 Å². The summed E-state index contributed by atoms with van der Waals surface area (Å²) in [7, 11) is 0. The zero-order valence-electron chi connectivity index (χ0n) is 10.0. The van der Waals surface area contributed by atoms with E-state index < -0.39 is 11.6 Å². The quantitative estimate of drug-likeness (QED) is 0.586. The Labute approximate surface area is 105 Å². The first kappa shape index (κ1) is 12.7. The highest BCUT2D eigenvalue weighted by molar-refractivity contribution is 5.78. The minimum Gasteiger partial charge on any atom is -0.391 e. The van der Waals surface area contributed by atoms with Gasteiger partial charge in [0.1, 0.15) is 6.61 Å². The predicted molar refractivity (Wildman–Crippen MR) is 66.2 cm³/mol. The summed E-state index contributed by atoms with van der Waals surface area (Å²) >= 11 is 0. The lowest BCUT2D eigenvalue weighted by atomic mass is 10.0. The van der Waals surface area contributed by atoms with Crippen LogP contribution in [0.2, 0.25) is 0 Å². The first-order valence-corrected chi connectivity index (χ1v) is 6.04. The van der Waals surface area contributed by atoms with Gasteiger partial charge in [0.2, 0.25) is 0 Å². The van der Waals surface area contributed by atoms with Crippen LogP contribution < -0.4 is 0 Å². The Bertz CT molecular complexity index is 469. The second-order valence-electron chi connectivity index (χ2n) is 4.25. The monoisotopic (exact) mass is 251 g/mol.